The number of likely N-dealkylation sites (tertiary alicyclic amines) is 1. The van der Waals surface area contributed by atoms with Gasteiger partial charge in [0.1, 0.15) is 5.69 Å². The van der Waals surface area contributed by atoms with E-state index in [4.69, 9.17) is 0 Å². The van der Waals surface area contributed by atoms with E-state index in [0.29, 0.717) is 11.6 Å². The number of pyridine rings is 1. The third-order valence-corrected chi connectivity index (χ3v) is 5.14. The van der Waals surface area contributed by atoms with Crippen molar-refractivity contribution < 1.29 is 4.79 Å². The Morgan fingerprint density at radius 1 is 1.08 bits per heavy atom. The first-order chi connectivity index (χ1) is 12.2. The van der Waals surface area contributed by atoms with Crippen LogP contribution in [0, 0.1) is 0 Å². The molecule has 1 saturated heterocycles. The van der Waals surface area contributed by atoms with E-state index in [1.165, 1.54) is 5.56 Å². The molecule has 3 aromatic rings. The maximum Gasteiger partial charge on any atom is 0.272 e. The lowest BCUT2D eigenvalue weighted by molar-refractivity contribution is 0.0752. The molecule has 1 fully saturated rings. The van der Waals surface area contributed by atoms with Crippen molar-refractivity contribution in [3.8, 4) is 0 Å². The first-order valence-electron chi connectivity index (χ1n) is 8.85. The molecule has 3 heterocycles. The Kier molecular flexibility index (Phi) is 4.22. The zero-order chi connectivity index (χ0) is 17.2. The molecule has 128 valence electrons. The average Bonchev–Trinajstić information content (AvgIpc) is 2.82. The fourth-order valence-corrected chi connectivity index (χ4v) is 3.82. The van der Waals surface area contributed by atoms with Crippen LogP contribution in [0.25, 0.3) is 10.9 Å². The van der Waals surface area contributed by atoms with Crippen LogP contribution in [0.1, 0.15) is 41.2 Å². The number of aromatic nitrogens is 3. The second-order valence-electron chi connectivity index (χ2n) is 6.69. The molecular weight excluding hydrogens is 312 g/mol. The van der Waals surface area contributed by atoms with Gasteiger partial charge in [-0.05, 0) is 48.9 Å². The van der Waals surface area contributed by atoms with Gasteiger partial charge in [0.15, 0.2) is 0 Å². The van der Waals surface area contributed by atoms with Crippen molar-refractivity contribution in [1.82, 2.24) is 19.7 Å². The van der Waals surface area contributed by atoms with Gasteiger partial charge in [0.2, 0.25) is 0 Å². The number of hydrogen-bond acceptors (Lipinski definition) is 3. The third-order valence-electron chi connectivity index (χ3n) is 5.14. The molecule has 4 rings (SSSR count). The predicted octanol–water partition coefficient (Wildman–Crippen LogP) is 3.38. The molecule has 0 aliphatic carbocycles. The van der Waals surface area contributed by atoms with Crippen LogP contribution in [0.4, 0.5) is 0 Å². The van der Waals surface area contributed by atoms with Crippen molar-refractivity contribution in [3.63, 3.8) is 0 Å². The summed E-state index contributed by atoms with van der Waals surface area (Å²) in [5, 5.41) is 5.41. The monoisotopic (exact) mass is 334 g/mol. The van der Waals surface area contributed by atoms with Gasteiger partial charge in [-0.15, -0.1) is 0 Å². The molecule has 0 saturated carbocycles. The van der Waals surface area contributed by atoms with Crippen LogP contribution in [0.15, 0.2) is 48.8 Å². The summed E-state index contributed by atoms with van der Waals surface area (Å²) in [6, 6.07) is 12.0. The lowest BCUT2D eigenvalue weighted by Gasteiger charge is -2.21. The Hall–Kier alpha value is -2.69. The zero-order valence-electron chi connectivity index (χ0n) is 14.4. The number of carbonyl (C=O) groups excluding carboxylic acids is 1. The smallest absolute Gasteiger partial charge is 0.272 e. The van der Waals surface area contributed by atoms with Gasteiger partial charge in [-0.3, -0.25) is 14.5 Å². The third kappa shape index (κ3) is 3.02. The molecule has 0 radical (unpaired) electrons. The van der Waals surface area contributed by atoms with Gasteiger partial charge in [-0.2, -0.15) is 5.10 Å². The summed E-state index contributed by atoms with van der Waals surface area (Å²) in [6.45, 7) is 1.59. The number of nitrogens with zero attached hydrogens (tertiary/aromatic N) is 4. The van der Waals surface area contributed by atoms with E-state index >= 15 is 0 Å². The summed E-state index contributed by atoms with van der Waals surface area (Å²) in [6.07, 6.45) is 6.83. The zero-order valence-corrected chi connectivity index (χ0v) is 14.4. The number of benzene rings is 1. The Bertz CT molecular complexity index is 887. The highest BCUT2D eigenvalue weighted by molar-refractivity contribution is 6.05. The number of rotatable bonds is 2. The summed E-state index contributed by atoms with van der Waals surface area (Å²) < 4.78 is 1.72. The van der Waals surface area contributed by atoms with Crippen molar-refractivity contribution in [3.05, 3.63) is 60.0 Å². The minimum atomic E-state index is 0.0894. The Balaban J connectivity index is 1.56. The van der Waals surface area contributed by atoms with Crippen LogP contribution in [0.2, 0.25) is 0 Å². The highest BCUT2D eigenvalue weighted by atomic mass is 16.2. The first-order valence-corrected chi connectivity index (χ1v) is 8.85. The molecule has 1 atom stereocenters. The van der Waals surface area contributed by atoms with Crippen molar-refractivity contribution >= 4 is 16.8 Å². The predicted molar refractivity (Wildman–Crippen MR) is 97.4 cm³/mol. The molecule has 1 aliphatic heterocycles. The van der Waals surface area contributed by atoms with Gasteiger partial charge in [0.05, 0.1) is 5.52 Å². The topological polar surface area (TPSA) is 51.0 Å². The molecule has 0 spiro atoms. The number of hydrogen-bond donors (Lipinski definition) is 0. The molecule has 5 nitrogen and oxygen atoms in total. The lowest BCUT2D eigenvalue weighted by atomic mass is 9.93. The standard InChI is InChI=1S/C20H22N4O/c1-23-19(17-6-2-3-7-18(17)22-23)20(25)24-13-4-5-15(10-14-24)16-8-11-21-12-9-16/h2-3,6-9,11-12,15H,4-5,10,13-14H2,1H3. The average molecular weight is 334 g/mol. The van der Waals surface area contributed by atoms with Gasteiger partial charge >= 0.3 is 0 Å². The van der Waals surface area contributed by atoms with Crippen LogP contribution < -0.4 is 0 Å². The Morgan fingerprint density at radius 3 is 2.72 bits per heavy atom. The minimum absolute atomic E-state index is 0.0894. The summed E-state index contributed by atoms with van der Waals surface area (Å²) in [5.74, 6) is 0.593. The normalized spacial score (nSPS) is 18.3. The van der Waals surface area contributed by atoms with E-state index in [1.54, 1.807) is 4.68 Å². The van der Waals surface area contributed by atoms with Crippen molar-refractivity contribution in [2.24, 2.45) is 7.05 Å². The maximum absolute atomic E-state index is 13.1. The molecule has 0 N–H and O–H groups in total. The maximum atomic E-state index is 13.1. The van der Waals surface area contributed by atoms with Crippen LogP contribution in [-0.4, -0.2) is 38.7 Å². The molecule has 1 aliphatic rings. The van der Waals surface area contributed by atoms with Crippen LogP contribution >= 0.6 is 0 Å². The van der Waals surface area contributed by atoms with Crippen molar-refractivity contribution in [2.75, 3.05) is 13.1 Å². The van der Waals surface area contributed by atoms with E-state index in [9.17, 15) is 4.79 Å². The van der Waals surface area contributed by atoms with Crippen molar-refractivity contribution in [1.29, 1.82) is 0 Å². The number of aryl methyl sites for hydroxylation is 1. The van der Waals surface area contributed by atoms with E-state index in [1.807, 2.05) is 48.6 Å². The van der Waals surface area contributed by atoms with Gasteiger partial charge in [-0.25, -0.2) is 0 Å². The number of amides is 1. The fraction of sp³-hybridized carbons (Fsp3) is 0.350. The van der Waals surface area contributed by atoms with Crippen LogP contribution in [0.5, 0.6) is 0 Å². The largest absolute Gasteiger partial charge is 0.337 e. The van der Waals surface area contributed by atoms with Gasteiger partial charge in [-0.1, -0.05) is 18.2 Å². The molecule has 1 amide bonds. The quantitative estimate of drug-likeness (QED) is 0.722. The number of fused-ring (bicyclic) bond motifs is 1. The highest BCUT2D eigenvalue weighted by Gasteiger charge is 2.25. The Morgan fingerprint density at radius 2 is 1.88 bits per heavy atom. The molecule has 1 unspecified atom stereocenters. The fourth-order valence-electron chi connectivity index (χ4n) is 3.82. The highest BCUT2D eigenvalue weighted by Crippen LogP contribution is 2.29. The molecule has 1 aromatic carbocycles. The summed E-state index contributed by atoms with van der Waals surface area (Å²) >= 11 is 0. The summed E-state index contributed by atoms with van der Waals surface area (Å²) in [7, 11) is 1.85. The minimum Gasteiger partial charge on any atom is -0.337 e. The summed E-state index contributed by atoms with van der Waals surface area (Å²) in [5.41, 5.74) is 2.89. The second kappa shape index (κ2) is 6.67. The van der Waals surface area contributed by atoms with Crippen molar-refractivity contribution in [2.45, 2.75) is 25.2 Å². The summed E-state index contributed by atoms with van der Waals surface area (Å²) in [4.78, 5) is 19.2. The Labute approximate surface area is 147 Å². The van der Waals surface area contributed by atoms with Crippen LogP contribution in [-0.2, 0) is 7.05 Å². The van der Waals surface area contributed by atoms with Gasteiger partial charge in [0.25, 0.3) is 5.91 Å². The lowest BCUT2D eigenvalue weighted by Crippen LogP contribution is -2.33. The van der Waals surface area contributed by atoms with Gasteiger partial charge < -0.3 is 4.90 Å². The molecule has 2 aromatic heterocycles. The van der Waals surface area contributed by atoms with E-state index in [2.05, 4.69) is 22.2 Å². The molecular formula is C20H22N4O. The second-order valence-corrected chi connectivity index (χ2v) is 6.69. The first kappa shape index (κ1) is 15.8. The molecule has 5 heteroatoms. The van der Waals surface area contributed by atoms with E-state index in [-0.39, 0.29) is 5.91 Å². The van der Waals surface area contributed by atoms with E-state index in [0.717, 1.165) is 43.3 Å². The van der Waals surface area contributed by atoms with Gasteiger partial charge in [0, 0.05) is 37.9 Å². The molecule has 25 heavy (non-hydrogen) atoms. The van der Waals surface area contributed by atoms with E-state index < -0.39 is 0 Å². The molecule has 0 bridgehead atoms. The SMILES string of the molecule is Cn1nc2ccccc2c1C(=O)N1CCCC(c2ccncc2)CC1. The van der Waals surface area contributed by atoms with Crippen LogP contribution in [0.3, 0.4) is 0 Å². The number of carbonyl (C=O) groups is 1.